The number of carbonyl (C=O) groups is 1. The van der Waals surface area contributed by atoms with Gasteiger partial charge in [-0.15, -0.1) is 0 Å². The van der Waals surface area contributed by atoms with E-state index in [1.165, 1.54) is 0 Å². The van der Waals surface area contributed by atoms with Crippen LogP contribution in [0.2, 0.25) is 0 Å². The Kier molecular flexibility index (Phi) is 4.90. The molecule has 0 radical (unpaired) electrons. The number of hydrogen-bond acceptors (Lipinski definition) is 5. The minimum atomic E-state index is -0.890. The second-order valence-electron chi connectivity index (χ2n) is 6.93. The van der Waals surface area contributed by atoms with Crippen LogP contribution in [0.1, 0.15) is 41.7 Å². The Balaban J connectivity index is 1.77. The van der Waals surface area contributed by atoms with Gasteiger partial charge in [0.25, 0.3) is 0 Å². The molecule has 0 spiro atoms. The van der Waals surface area contributed by atoms with Crippen molar-refractivity contribution in [1.29, 1.82) is 0 Å². The zero-order chi connectivity index (χ0) is 19.7. The van der Waals surface area contributed by atoms with Crippen LogP contribution in [0.3, 0.4) is 0 Å². The van der Waals surface area contributed by atoms with E-state index in [0.29, 0.717) is 22.5 Å². The van der Waals surface area contributed by atoms with Crippen molar-refractivity contribution in [3.05, 3.63) is 75.1 Å². The number of hydrogen-bond donors (Lipinski definition) is 0. The summed E-state index contributed by atoms with van der Waals surface area (Å²) in [6.45, 7) is 3.87. The molecule has 0 saturated carbocycles. The fourth-order valence-corrected chi connectivity index (χ4v) is 3.82. The highest BCUT2D eigenvalue weighted by Gasteiger charge is 2.26. The van der Waals surface area contributed by atoms with Crippen molar-refractivity contribution < 1.29 is 18.7 Å². The van der Waals surface area contributed by atoms with E-state index in [4.69, 9.17) is 13.9 Å². The van der Waals surface area contributed by atoms with E-state index in [9.17, 15) is 9.59 Å². The number of esters is 1. The third-order valence-corrected chi connectivity index (χ3v) is 5.19. The van der Waals surface area contributed by atoms with E-state index in [0.717, 1.165) is 35.8 Å². The van der Waals surface area contributed by atoms with Gasteiger partial charge in [0.1, 0.15) is 11.3 Å². The number of aryl methyl sites for hydroxylation is 2. The van der Waals surface area contributed by atoms with Gasteiger partial charge in [-0.05, 0) is 50.8 Å². The second kappa shape index (κ2) is 7.50. The van der Waals surface area contributed by atoms with Crippen molar-refractivity contribution in [3.63, 3.8) is 0 Å². The monoisotopic (exact) mass is 378 g/mol. The van der Waals surface area contributed by atoms with Gasteiger partial charge >= 0.3 is 11.6 Å². The highest BCUT2D eigenvalue weighted by Crippen LogP contribution is 2.35. The Hall–Kier alpha value is -3.08. The van der Waals surface area contributed by atoms with E-state index in [1.807, 2.05) is 49.4 Å². The summed E-state index contributed by atoms with van der Waals surface area (Å²) >= 11 is 0. The van der Waals surface area contributed by atoms with Crippen LogP contribution in [0.25, 0.3) is 11.0 Å². The highest BCUT2D eigenvalue weighted by atomic mass is 16.6. The molecule has 1 heterocycles. The van der Waals surface area contributed by atoms with E-state index in [1.54, 1.807) is 6.92 Å². The van der Waals surface area contributed by atoms with Crippen molar-refractivity contribution in [2.75, 3.05) is 6.61 Å². The van der Waals surface area contributed by atoms with Crippen molar-refractivity contribution in [2.24, 2.45) is 0 Å². The molecule has 0 bridgehead atoms. The Labute approximate surface area is 162 Å². The van der Waals surface area contributed by atoms with Crippen molar-refractivity contribution >= 4 is 16.9 Å². The van der Waals surface area contributed by atoms with Gasteiger partial charge in [-0.1, -0.05) is 30.3 Å². The van der Waals surface area contributed by atoms with Crippen LogP contribution in [0, 0.1) is 6.92 Å². The van der Waals surface area contributed by atoms with Gasteiger partial charge in [0.05, 0.1) is 6.61 Å². The van der Waals surface area contributed by atoms with Crippen LogP contribution in [0.5, 0.6) is 5.75 Å². The fraction of sp³-hybridized carbons (Fsp3) is 0.304. The van der Waals surface area contributed by atoms with Crippen LogP contribution >= 0.6 is 0 Å². The molecule has 3 aromatic rings. The molecule has 2 aromatic carbocycles. The van der Waals surface area contributed by atoms with Crippen molar-refractivity contribution in [3.8, 4) is 5.75 Å². The topological polar surface area (TPSA) is 65.7 Å². The predicted octanol–water partition coefficient (Wildman–Crippen LogP) is 4.27. The van der Waals surface area contributed by atoms with Crippen LogP contribution in [-0.2, 0) is 22.4 Å². The summed E-state index contributed by atoms with van der Waals surface area (Å²) in [5.74, 6) is 0.0408. The maximum absolute atomic E-state index is 12.5. The summed E-state index contributed by atoms with van der Waals surface area (Å²) in [6, 6.07) is 13.0. The smallest absolute Gasteiger partial charge is 0.352 e. The first-order valence-electron chi connectivity index (χ1n) is 9.56. The van der Waals surface area contributed by atoms with Crippen LogP contribution in [0.4, 0.5) is 0 Å². The highest BCUT2D eigenvalue weighted by molar-refractivity contribution is 5.86. The Morgan fingerprint density at radius 3 is 2.61 bits per heavy atom. The maximum Gasteiger partial charge on any atom is 0.352 e. The molecule has 0 amide bonds. The Morgan fingerprint density at radius 2 is 1.86 bits per heavy atom. The van der Waals surface area contributed by atoms with Crippen molar-refractivity contribution in [2.45, 2.75) is 39.2 Å². The lowest BCUT2D eigenvalue weighted by Crippen LogP contribution is -2.22. The molecule has 0 fully saturated rings. The summed E-state index contributed by atoms with van der Waals surface area (Å²) in [5.41, 5.74) is 3.52. The number of ether oxygens (including phenoxy) is 2. The molecule has 144 valence electrons. The molecule has 5 nitrogen and oxygen atoms in total. The zero-order valence-corrected chi connectivity index (χ0v) is 16.0. The number of rotatable bonds is 5. The molecular formula is C23H22O5. The molecule has 28 heavy (non-hydrogen) atoms. The largest absolute Gasteiger partial charge is 0.474 e. The van der Waals surface area contributed by atoms with E-state index >= 15 is 0 Å². The molecule has 1 atom stereocenters. The summed E-state index contributed by atoms with van der Waals surface area (Å²) in [5, 5.41) is 0.948. The molecule has 1 aliphatic rings. The minimum absolute atomic E-state index is 0.267. The molecule has 0 aliphatic heterocycles. The zero-order valence-electron chi connectivity index (χ0n) is 16.0. The Bertz CT molecular complexity index is 1080. The third kappa shape index (κ3) is 3.17. The molecule has 0 saturated heterocycles. The normalized spacial score (nSPS) is 13.9. The van der Waals surface area contributed by atoms with Gasteiger partial charge in [-0.25, -0.2) is 9.59 Å². The predicted molar refractivity (Wildman–Crippen MR) is 106 cm³/mol. The molecule has 0 N–H and O–H groups in total. The van der Waals surface area contributed by atoms with Crippen molar-refractivity contribution in [1.82, 2.24) is 0 Å². The van der Waals surface area contributed by atoms with E-state index < -0.39 is 12.1 Å². The van der Waals surface area contributed by atoms with Gasteiger partial charge in [0.15, 0.2) is 0 Å². The van der Waals surface area contributed by atoms with Gasteiger partial charge in [-0.2, -0.15) is 0 Å². The summed E-state index contributed by atoms with van der Waals surface area (Å²) < 4.78 is 16.9. The molecular weight excluding hydrogens is 356 g/mol. The molecule has 1 aromatic heterocycles. The van der Waals surface area contributed by atoms with Crippen LogP contribution < -0.4 is 10.4 Å². The Morgan fingerprint density at radius 1 is 1.11 bits per heavy atom. The quantitative estimate of drug-likeness (QED) is 0.490. The van der Waals surface area contributed by atoms with E-state index in [2.05, 4.69) is 0 Å². The van der Waals surface area contributed by atoms with E-state index in [-0.39, 0.29) is 12.2 Å². The maximum atomic E-state index is 12.5. The SMILES string of the molecule is CCOC(=O)C(Oc1ccc2c3c(c(=O)oc2c1C)CCC3)c1ccccc1. The minimum Gasteiger partial charge on any atom is -0.474 e. The van der Waals surface area contributed by atoms with Crippen LogP contribution in [0.15, 0.2) is 51.7 Å². The number of carbonyl (C=O) groups excluding carboxylic acids is 1. The lowest BCUT2D eigenvalue weighted by molar-refractivity contribution is -0.151. The summed E-state index contributed by atoms with van der Waals surface area (Å²) in [7, 11) is 0. The van der Waals surface area contributed by atoms with Gasteiger partial charge in [-0.3, -0.25) is 0 Å². The second-order valence-corrected chi connectivity index (χ2v) is 6.93. The number of benzene rings is 2. The standard InChI is InChI=1S/C23H22O5/c1-3-26-23(25)21(15-8-5-4-6-9-15)27-19-13-12-17-16-10-7-11-18(16)22(24)28-20(17)14(19)2/h4-6,8-9,12-13,21H,3,7,10-11H2,1-2H3. The first-order chi connectivity index (χ1) is 13.6. The lowest BCUT2D eigenvalue weighted by Gasteiger charge is -2.20. The number of fused-ring (bicyclic) bond motifs is 3. The molecule has 1 unspecified atom stereocenters. The first-order valence-corrected chi connectivity index (χ1v) is 9.56. The van der Waals surface area contributed by atoms with Gasteiger partial charge in [0, 0.05) is 22.1 Å². The summed E-state index contributed by atoms with van der Waals surface area (Å²) in [4.78, 5) is 24.9. The molecule has 4 rings (SSSR count). The van der Waals surface area contributed by atoms with Gasteiger partial charge in [0.2, 0.25) is 6.10 Å². The lowest BCUT2D eigenvalue weighted by atomic mass is 10.0. The van der Waals surface area contributed by atoms with Crippen LogP contribution in [-0.4, -0.2) is 12.6 Å². The molecule has 1 aliphatic carbocycles. The first kappa shape index (κ1) is 18.3. The summed E-state index contributed by atoms with van der Waals surface area (Å²) in [6.07, 6.45) is 1.73. The fourth-order valence-electron chi connectivity index (χ4n) is 3.82. The average molecular weight is 378 g/mol. The van der Waals surface area contributed by atoms with Gasteiger partial charge < -0.3 is 13.9 Å². The average Bonchev–Trinajstić information content (AvgIpc) is 3.20. The third-order valence-electron chi connectivity index (χ3n) is 5.19. The molecule has 5 heteroatoms.